The van der Waals surface area contributed by atoms with Crippen molar-refractivity contribution in [1.29, 1.82) is 0 Å². The average Bonchev–Trinajstić information content (AvgIpc) is 3.17. The van der Waals surface area contributed by atoms with Gasteiger partial charge in [-0.25, -0.2) is 9.97 Å². The van der Waals surface area contributed by atoms with Crippen molar-refractivity contribution in [2.75, 3.05) is 0 Å². The van der Waals surface area contributed by atoms with Gasteiger partial charge in [-0.3, -0.25) is 0 Å². The van der Waals surface area contributed by atoms with Crippen LogP contribution in [0, 0.1) is 0 Å². The number of fused-ring (bicyclic) bond motifs is 1. The third kappa shape index (κ3) is 2.25. The molecule has 5 heteroatoms. The number of aromatic hydroxyl groups is 1. The number of hydrogen-bond donors (Lipinski definition) is 2. The van der Waals surface area contributed by atoms with Crippen molar-refractivity contribution in [1.82, 2.24) is 15.0 Å². The van der Waals surface area contributed by atoms with E-state index in [0.717, 1.165) is 22.3 Å². The number of rotatable bonds is 3. The van der Waals surface area contributed by atoms with Gasteiger partial charge in [-0.1, -0.05) is 6.07 Å². The summed E-state index contributed by atoms with van der Waals surface area (Å²) in [6, 6.07) is 9.46. The SMILES string of the molecule is Oc1cccc(Cc2c[nH]c3nccc(-c4ccsc4)c23)n1. The predicted octanol–water partition coefficient (Wildman–Crippen LogP) is 3.98. The van der Waals surface area contributed by atoms with Crippen molar-refractivity contribution in [3.8, 4) is 17.0 Å². The topological polar surface area (TPSA) is 61.8 Å². The van der Waals surface area contributed by atoms with Gasteiger partial charge in [0.2, 0.25) is 5.88 Å². The van der Waals surface area contributed by atoms with Gasteiger partial charge in [-0.05, 0) is 45.6 Å². The van der Waals surface area contributed by atoms with Crippen LogP contribution in [0.15, 0.2) is 53.5 Å². The Bertz CT molecular complexity index is 928. The molecule has 4 aromatic rings. The first-order chi connectivity index (χ1) is 10.8. The van der Waals surface area contributed by atoms with E-state index in [2.05, 4.69) is 31.8 Å². The van der Waals surface area contributed by atoms with E-state index in [0.29, 0.717) is 6.42 Å². The maximum atomic E-state index is 9.53. The van der Waals surface area contributed by atoms with Crippen LogP contribution in [-0.4, -0.2) is 20.1 Å². The zero-order valence-electron chi connectivity index (χ0n) is 11.7. The highest BCUT2D eigenvalue weighted by Crippen LogP contribution is 2.32. The molecule has 0 amide bonds. The summed E-state index contributed by atoms with van der Waals surface area (Å²) < 4.78 is 0. The lowest BCUT2D eigenvalue weighted by Crippen LogP contribution is -1.92. The molecule has 0 fully saturated rings. The van der Waals surface area contributed by atoms with Crippen LogP contribution in [0.1, 0.15) is 11.3 Å². The van der Waals surface area contributed by atoms with Gasteiger partial charge in [-0.2, -0.15) is 11.3 Å². The zero-order chi connectivity index (χ0) is 14.9. The van der Waals surface area contributed by atoms with E-state index in [4.69, 9.17) is 0 Å². The maximum absolute atomic E-state index is 9.53. The van der Waals surface area contributed by atoms with Crippen molar-refractivity contribution in [2.45, 2.75) is 6.42 Å². The predicted molar refractivity (Wildman–Crippen MR) is 88.1 cm³/mol. The van der Waals surface area contributed by atoms with Crippen LogP contribution in [0.3, 0.4) is 0 Å². The van der Waals surface area contributed by atoms with Crippen LogP contribution in [0.5, 0.6) is 5.88 Å². The van der Waals surface area contributed by atoms with Gasteiger partial charge >= 0.3 is 0 Å². The highest BCUT2D eigenvalue weighted by atomic mass is 32.1. The first kappa shape index (κ1) is 13.0. The van der Waals surface area contributed by atoms with Crippen LogP contribution in [0.25, 0.3) is 22.2 Å². The second kappa shape index (κ2) is 5.27. The highest BCUT2D eigenvalue weighted by molar-refractivity contribution is 7.08. The minimum absolute atomic E-state index is 0.0496. The molecule has 0 aliphatic carbocycles. The molecule has 2 N–H and O–H groups in total. The van der Waals surface area contributed by atoms with Crippen molar-refractivity contribution >= 4 is 22.4 Å². The van der Waals surface area contributed by atoms with Gasteiger partial charge in [0, 0.05) is 36.0 Å². The third-order valence-corrected chi connectivity index (χ3v) is 4.33. The molecule has 0 aliphatic rings. The molecule has 0 spiro atoms. The number of nitrogens with one attached hydrogen (secondary N) is 1. The van der Waals surface area contributed by atoms with Crippen molar-refractivity contribution in [3.05, 3.63) is 64.7 Å². The summed E-state index contributed by atoms with van der Waals surface area (Å²) in [6.07, 6.45) is 4.44. The van der Waals surface area contributed by atoms with Gasteiger partial charge < -0.3 is 10.1 Å². The molecule has 0 bridgehead atoms. The lowest BCUT2D eigenvalue weighted by atomic mass is 10.0. The van der Waals surface area contributed by atoms with Crippen LogP contribution in [0.2, 0.25) is 0 Å². The summed E-state index contributed by atoms with van der Waals surface area (Å²) in [6.45, 7) is 0. The molecule has 22 heavy (non-hydrogen) atoms. The van der Waals surface area contributed by atoms with E-state index in [1.807, 2.05) is 30.6 Å². The van der Waals surface area contributed by atoms with Crippen LogP contribution < -0.4 is 0 Å². The summed E-state index contributed by atoms with van der Waals surface area (Å²) in [5.74, 6) is 0.0496. The molecule has 0 atom stereocenters. The molecule has 0 saturated carbocycles. The number of pyridine rings is 2. The Morgan fingerprint density at radius 2 is 2.14 bits per heavy atom. The van der Waals surface area contributed by atoms with E-state index in [1.54, 1.807) is 17.4 Å². The van der Waals surface area contributed by atoms with Crippen molar-refractivity contribution < 1.29 is 5.11 Å². The van der Waals surface area contributed by atoms with E-state index < -0.39 is 0 Å². The third-order valence-electron chi connectivity index (χ3n) is 3.65. The zero-order valence-corrected chi connectivity index (χ0v) is 12.5. The molecule has 0 unspecified atom stereocenters. The van der Waals surface area contributed by atoms with Crippen molar-refractivity contribution in [2.24, 2.45) is 0 Å². The maximum Gasteiger partial charge on any atom is 0.210 e. The fraction of sp³-hybridized carbons (Fsp3) is 0.0588. The number of thiophene rings is 1. The molecule has 4 heterocycles. The number of hydrogen-bond acceptors (Lipinski definition) is 4. The summed E-state index contributed by atoms with van der Waals surface area (Å²) in [5, 5.41) is 14.9. The summed E-state index contributed by atoms with van der Waals surface area (Å²) in [4.78, 5) is 11.8. The monoisotopic (exact) mass is 307 g/mol. The lowest BCUT2D eigenvalue weighted by molar-refractivity contribution is 0.451. The van der Waals surface area contributed by atoms with Gasteiger partial charge in [0.05, 0.1) is 0 Å². The Labute approximate surface area is 131 Å². The average molecular weight is 307 g/mol. The molecule has 4 nitrogen and oxygen atoms in total. The minimum atomic E-state index is 0.0496. The van der Waals surface area contributed by atoms with E-state index >= 15 is 0 Å². The van der Waals surface area contributed by atoms with Crippen molar-refractivity contribution in [3.63, 3.8) is 0 Å². The minimum Gasteiger partial charge on any atom is -0.493 e. The fourth-order valence-corrected chi connectivity index (χ4v) is 3.34. The number of aromatic nitrogens is 3. The van der Waals surface area contributed by atoms with Gasteiger partial charge in [-0.15, -0.1) is 0 Å². The fourth-order valence-electron chi connectivity index (χ4n) is 2.68. The van der Waals surface area contributed by atoms with E-state index in [1.165, 1.54) is 11.1 Å². The number of aromatic amines is 1. The quantitative estimate of drug-likeness (QED) is 0.602. The standard InChI is InChI=1S/C17H13N3OS/c21-15-3-1-2-13(20-15)8-12-9-19-17-16(12)14(4-6-18-17)11-5-7-22-10-11/h1-7,9-10H,8H2,(H,18,19)(H,20,21). The molecule has 0 radical (unpaired) electrons. The largest absolute Gasteiger partial charge is 0.493 e. The molecular weight excluding hydrogens is 294 g/mol. The molecule has 0 aromatic carbocycles. The van der Waals surface area contributed by atoms with E-state index in [9.17, 15) is 5.11 Å². The molecule has 108 valence electrons. The Kier molecular flexibility index (Phi) is 3.12. The Morgan fingerprint density at radius 1 is 1.18 bits per heavy atom. The van der Waals surface area contributed by atoms with E-state index in [-0.39, 0.29) is 5.88 Å². The normalized spacial score (nSPS) is 11.1. The lowest BCUT2D eigenvalue weighted by Gasteiger charge is -2.04. The first-order valence-electron chi connectivity index (χ1n) is 6.94. The smallest absolute Gasteiger partial charge is 0.210 e. The number of H-pyrrole nitrogens is 1. The summed E-state index contributed by atoms with van der Waals surface area (Å²) in [7, 11) is 0. The molecule has 4 rings (SSSR count). The first-order valence-corrected chi connectivity index (χ1v) is 7.88. The highest BCUT2D eigenvalue weighted by Gasteiger charge is 2.12. The van der Waals surface area contributed by atoms with Crippen LogP contribution >= 0.6 is 11.3 Å². The Hall–Kier alpha value is -2.66. The summed E-state index contributed by atoms with van der Waals surface area (Å²) in [5.41, 5.74) is 5.20. The van der Waals surface area contributed by atoms with Gasteiger partial charge in [0.1, 0.15) is 5.65 Å². The Morgan fingerprint density at radius 3 is 2.95 bits per heavy atom. The van der Waals surface area contributed by atoms with Gasteiger partial charge in [0.25, 0.3) is 0 Å². The molecule has 0 aliphatic heterocycles. The second-order valence-corrected chi connectivity index (χ2v) is 5.85. The molecule has 4 aromatic heterocycles. The second-order valence-electron chi connectivity index (χ2n) is 5.07. The molecular formula is C17H13N3OS. The Balaban J connectivity index is 1.85. The van der Waals surface area contributed by atoms with Gasteiger partial charge in [0.15, 0.2) is 0 Å². The van der Waals surface area contributed by atoms with Crippen LogP contribution in [0.4, 0.5) is 0 Å². The molecule has 0 saturated heterocycles. The van der Waals surface area contributed by atoms with Crippen LogP contribution in [-0.2, 0) is 6.42 Å². The number of nitrogens with zero attached hydrogens (tertiary/aromatic N) is 2. The summed E-state index contributed by atoms with van der Waals surface area (Å²) >= 11 is 1.68.